The van der Waals surface area contributed by atoms with Gasteiger partial charge in [0.1, 0.15) is 22.6 Å². The number of aryl methyl sites for hydroxylation is 6. The molecular formula is C29H27NO5. The summed E-state index contributed by atoms with van der Waals surface area (Å²) in [6, 6.07) is 14.5. The third-order valence-electron chi connectivity index (χ3n) is 5.87. The summed E-state index contributed by atoms with van der Waals surface area (Å²) in [4.78, 5) is 31.0. The number of aromatic nitrogens is 1. The standard InChI is InChI=1S/C29H27NO5/c1-15-7-9-18(4)21(13-15)26(31)24(28(32)35-27-19(5)11-17(3)12-20(27)6)25-29(33)34-23-10-8-16(2)14-22(23)30-25/h7-14,31H,1-6H3/b26-24+. The van der Waals surface area contributed by atoms with Crippen LogP contribution >= 0.6 is 0 Å². The van der Waals surface area contributed by atoms with Crippen LogP contribution in [0.25, 0.3) is 22.4 Å². The van der Waals surface area contributed by atoms with E-state index in [0.29, 0.717) is 16.8 Å². The van der Waals surface area contributed by atoms with Crippen LogP contribution in [-0.2, 0) is 4.79 Å². The normalized spacial score (nSPS) is 11.9. The molecule has 0 aliphatic carbocycles. The van der Waals surface area contributed by atoms with Gasteiger partial charge in [-0.15, -0.1) is 0 Å². The maximum Gasteiger partial charge on any atom is 0.363 e. The Morgan fingerprint density at radius 3 is 2.14 bits per heavy atom. The minimum Gasteiger partial charge on any atom is -0.506 e. The highest BCUT2D eigenvalue weighted by atomic mass is 16.5. The molecule has 1 aromatic heterocycles. The van der Waals surface area contributed by atoms with Crippen molar-refractivity contribution in [2.45, 2.75) is 41.5 Å². The molecule has 1 N–H and O–H groups in total. The Morgan fingerprint density at radius 2 is 1.46 bits per heavy atom. The van der Waals surface area contributed by atoms with Crippen molar-refractivity contribution in [3.05, 3.63) is 104 Å². The van der Waals surface area contributed by atoms with E-state index in [1.54, 1.807) is 24.3 Å². The van der Waals surface area contributed by atoms with Gasteiger partial charge in [-0.3, -0.25) is 0 Å². The number of aliphatic hydroxyl groups is 1. The van der Waals surface area contributed by atoms with Crippen LogP contribution in [0.5, 0.6) is 5.75 Å². The van der Waals surface area contributed by atoms with Gasteiger partial charge >= 0.3 is 11.6 Å². The van der Waals surface area contributed by atoms with Gasteiger partial charge in [0, 0.05) is 5.56 Å². The third kappa shape index (κ3) is 4.73. The molecule has 0 saturated carbocycles. The summed E-state index contributed by atoms with van der Waals surface area (Å²) in [6.07, 6.45) is 0. The minimum atomic E-state index is -0.898. The van der Waals surface area contributed by atoms with E-state index in [1.807, 2.05) is 65.8 Å². The van der Waals surface area contributed by atoms with E-state index in [2.05, 4.69) is 4.98 Å². The Hall–Kier alpha value is -4.19. The average molecular weight is 470 g/mol. The first-order chi connectivity index (χ1) is 16.5. The molecule has 0 amide bonds. The molecular weight excluding hydrogens is 442 g/mol. The van der Waals surface area contributed by atoms with Crippen LogP contribution in [-0.4, -0.2) is 16.1 Å². The van der Waals surface area contributed by atoms with Crippen LogP contribution in [0.15, 0.2) is 57.7 Å². The van der Waals surface area contributed by atoms with Gasteiger partial charge in [0.2, 0.25) is 0 Å². The number of rotatable bonds is 4. The van der Waals surface area contributed by atoms with Crippen molar-refractivity contribution in [3.8, 4) is 5.75 Å². The van der Waals surface area contributed by atoms with Crippen LogP contribution in [0, 0.1) is 41.5 Å². The van der Waals surface area contributed by atoms with Gasteiger partial charge in [0.15, 0.2) is 11.3 Å². The van der Waals surface area contributed by atoms with E-state index in [9.17, 15) is 14.7 Å². The molecule has 4 aromatic rings. The molecule has 0 saturated heterocycles. The van der Waals surface area contributed by atoms with E-state index in [-0.39, 0.29) is 16.9 Å². The van der Waals surface area contributed by atoms with Crippen LogP contribution < -0.4 is 10.4 Å². The number of ether oxygens (including phenoxy) is 1. The Labute approximate surface area is 203 Å². The molecule has 0 spiro atoms. The lowest BCUT2D eigenvalue weighted by atomic mass is 9.99. The number of fused-ring (bicyclic) bond motifs is 1. The number of hydrogen-bond donors (Lipinski definition) is 1. The molecule has 4 rings (SSSR count). The summed E-state index contributed by atoms with van der Waals surface area (Å²) < 4.78 is 11.2. The summed E-state index contributed by atoms with van der Waals surface area (Å²) in [5.74, 6) is -0.927. The number of esters is 1. The highest BCUT2D eigenvalue weighted by molar-refractivity contribution is 6.23. The van der Waals surface area contributed by atoms with E-state index >= 15 is 0 Å². The third-order valence-corrected chi connectivity index (χ3v) is 5.87. The predicted molar refractivity (Wildman–Crippen MR) is 137 cm³/mol. The van der Waals surface area contributed by atoms with Gasteiger partial charge in [-0.25, -0.2) is 14.6 Å². The zero-order valence-corrected chi connectivity index (χ0v) is 20.6. The molecule has 35 heavy (non-hydrogen) atoms. The van der Waals surface area contributed by atoms with Crippen LogP contribution in [0.4, 0.5) is 0 Å². The van der Waals surface area contributed by atoms with Crippen LogP contribution in [0.2, 0.25) is 0 Å². The van der Waals surface area contributed by atoms with Crippen molar-refractivity contribution in [2.24, 2.45) is 0 Å². The number of hydrogen-bond acceptors (Lipinski definition) is 6. The second kappa shape index (κ2) is 9.22. The monoisotopic (exact) mass is 469 g/mol. The van der Waals surface area contributed by atoms with Crippen LogP contribution in [0.1, 0.15) is 44.6 Å². The Kier molecular flexibility index (Phi) is 6.31. The van der Waals surface area contributed by atoms with Gasteiger partial charge in [-0.1, -0.05) is 41.5 Å². The lowest BCUT2D eigenvalue weighted by molar-refractivity contribution is -0.128. The predicted octanol–water partition coefficient (Wildman–Crippen LogP) is 6.07. The Balaban J connectivity index is 1.97. The Morgan fingerprint density at radius 1 is 0.829 bits per heavy atom. The second-order valence-corrected chi connectivity index (χ2v) is 8.98. The van der Waals surface area contributed by atoms with E-state index < -0.39 is 17.4 Å². The van der Waals surface area contributed by atoms with E-state index in [4.69, 9.17) is 9.15 Å². The number of benzene rings is 3. The van der Waals surface area contributed by atoms with E-state index in [1.165, 1.54) is 0 Å². The van der Waals surface area contributed by atoms with Gasteiger partial charge in [0.25, 0.3) is 0 Å². The van der Waals surface area contributed by atoms with Crippen molar-refractivity contribution in [1.82, 2.24) is 4.98 Å². The average Bonchev–Trinajstić information content (AvgIpc) is 2.78. The zero-order chi connectivity index (χ0) is 25.4. The van der Waals surface area contributed by atoms with Gasteiger partial charge < -0.3 is 14.3 Å². The lowest BCUT2D eigenvalue weighted by Crippen LogP contribution is -2.20. The highest BCUT2D eigenvalue weighted by Gasteiger charge is 2.28. The van der Waals surface area contributed by atoms with Gasteiger partial charge in [-0.05, 0) is 82.0 Å². The van der Waals surface area contributed by atoms with Crippen molar-refractivity contribution in [2.75, 3.05) is 0 Å². The maximum atomic E-state index is 13.6. The topological polar surface area (TPSA) is 89.6 Å². The van der Waals surface area contributed by atoms with E-state index in [0.717, 1.165) is 33.4 Å². The summed E-state index contributed by atoms with van der Waals surface area (Å²) in [6.45, 7) is 11.2. The second-order valence-electron chi connectivity index (χ2n) is 8.98. The quantitative estimate of drug-likeness (QED) is 0.169. The first-order valence-electron chi connectivity index (χ1n) is 11.3. The fourth-order valence-corrected chi connectivity index (χ4v) is 4.18. The molecule has 6 nitrogen and oxygen atoms in total. The lowest BCUT2D eigenvalue weighted by Gasteiger charge is -2.15. The molecule has 0 fully saturated rings. The molecule has 3 aromatic carbocycles. The largest absolute Gasteiger partial charge is 0.506 e. The molecule has 1 heterocycles. The number of carbonyl (C=O) groups is 1. The molecule has 0 unspecified atom stereocenters. The fourth-order valence-electron chi connectivity index (χ4n) is 4.18. The summed E-state index contributed by atoms with van der Waals surface area (Å²) in [5, 5.41) is 11.4. The highest BCUT2D eigenvalue weighted by Crippen LogP contribution is 2.30. The van der Waals surface area contributed by atoms with Crippen LogP contribution in [0.3, 0.4) is 0 Å². The van der Waals surface area contributed by atoms with Crippen molar-refractivity contribution >= 4 is 28.4 Å². The molecule has 0 bridgehead atoms. The van der Waals surface area contributed by atoms with Crippen molar-refractivity contribution in [1.29, 1.82) is 0 Å². The molecule has 0 aliphatic heterocycles. The smallest absolute Gasteiger partial charge is 0.363 e. The number of carbonyl (C=O) groups excluding carboxylic acids is 1. The first kappa shape index (κ1) is 24.0. The molecule has 6 heteroatoms. The molecule has 178 valence electrons. The number of aliphatic hydroxyl groups excluding tert-OH is 1. The van der Waals surface area contributed by atoms with Gasteiger partial charge in [0.05, 0.1) is 0 Å². The SMILES string of the molecule is Cc1cc(C)c(OC(=O)/C(=C(/O)c2cc(C)ccc2C)c2nc3cc(C)ccc3oc2=O)c(C)c1. The Bertz CT molecular complexity index is 1550. The summed E-state index contributed by atoms with van der Waals surface area (Å²) >= 11 is 0. The van der Waals surface area contributed by atoms with Gasteiger partial charge in [-0.2, -0.15) is 0 Å². The summed E-state index contributed by atoms with van der Waals surface area (Å²) in [7, 11) is 0. The minimum absolute atomic E-state index is 0.286. The summed E-state index contributed by atoms with van der Waals surface area (Å²) in [5.41, 5.74) is 4.63. The maximum absolute atomic E-state index is 13.6. The molecule has 0 radical (unpaired) electrons. The first-order valence-corrected chi connectivity index (χ1v) is 11.3. The van der Waals surface area contributed by atoms with Crippen molar-refractivity contribution < 1.29 is 19.1 Å². The van der Waals surface area contributed by atoms with Crippen molar-refractivity contribution in [3.63, 3.8) is 0 Å². The zero-order valence-electron chi connectivity index (χ0n) is 20.6. The number of nitrogens with zero attached hydrogens (tertiary/aromatic N) is 1. The molecule has 0 atom stereocenters. The fraction of sp³-hybridized carbons (Fsp3) is 0.207. The molecule has 0 aliphatic rings.